The van der Waals surface area contributed by atoms with E-state index in [2.05, 4.69) is 10.6 Å². The van der Waals surface area contributed by atoms with Crippen LogP contribution in [0, 0.1) is 22.7 Å². The summed E-state index contributed by atoms with van der Waals surface area (Å²) in [6, 6.07) is 3.57. The van der Waals surface area contributed by atoms with Gasteiger partial charge in [0.1, 0.15) is 11.6 Å². The summed E-state index contributed by atoms with van der Waals surface area (Å²) in [6.07, 6.45) is 1.26. The largest absolute Gasteiger partial charge is 0.481 e. The Labute approximate surface area is 98.3 Å². The molecule has 0 unspecified atom stereocenters. The summed E-state index contributed by atoms with van der Waals surface area (Å²) in [5.74, 6) is -1.67. The van der Waals surface area contributed by atoms with Gasteiger partial charge >= 0.3 is 5.97 Å². The molecule has 0 aliphatic carbocycles. The Morgan fingerprint density at radius 3 is 2.53 bits per heavy atom. The van der Waals surface area contributed by atoms with Gasteiger partial charge in [-0.05, 0) is 0 Å². The molecule has 17 heavy (non-hydrogen) atoms. The Morgan fingerprint density at radius 1 is 1.29 bits per heavy atom. The van der Waals surface area contributed by atoms with E-state index in [1.54, 1.807) is 6.07 Å². The molecule has 7 heteroatoms. The number of rotatable bonds is 7. The molecule has 1 amide bonds. The van der Waals surface area contributed by atoms with Crippen LogP contribution in [0.2, 0.25) is 0 Å². The summed E-state index contributed by atoms with van der Waals surface area (Å²) < 4.78 is 0. The second-order valence-corrected chi connectivity index (χ2v) is 2.93. The standard InChI is InChI=1S/C10H12N4O3/c11-3-1-4-13-7-8(6-12)10(17)14-5-2-9(15)16/h7,13H,1-2,4-5H2,(H,14,17)(H,15,16)/b8-7-. The topological polar surface area (TPSA) is 126 Å². The fourth-order valence-corrected chi connectivity index (χ4v) is 0.829. The van der Waals surface area contributed by atoms with Crippen molar-refractivity contribution in [3.05, 3.63) is 11.8 Å². The van der Waals surface area contributed by atoms with E-state index in [-0.39, 0.29) is 25.0 Å². The maximum atomic E-state index is 11.3. The van der Waals surface area contributed by atoms with Crippen molar-refractivity contribution in [1.29, 1.82) is 10.5 Å². The zero-order chi connectivity index (χ0) is 13.1. The fourth-order valence-electron chi connectivity index (χ4n) is 0.829. The van der Waals surface area contributed by atoms with E-state index in [1.807, 2.05) is 6.07 Å². The Balaban J connectivity index is 4.09. The summed E-state index contributed by atoms with van der Waals surface area (Å²) >= 11 is 0. The van der Waals surface area contributed by atoms with Crippen LogP contribution in [0.3, 0.4) is 0 Å². The molecule has 0 aromatic rings. The molecule has 0 aromatic carbocycles. The lowest BCUT2D eigenvalue weighted by Crippen LogP contribution is -2.28. The first-order chi connectivity index (χ1) is 8.11. The van der Waals surface area contributed by atoms with Crippen LogP contribution in [0.4, 0.5) is 0 Å². The molecule has 0 aliphatic heterocycles. The zero-order valence-electron chi connectivity index (χ0n) is 9.06. The number of hydrogen-bond donors (Lipinski definition) is 3. The third kappa shape index (κ3) is 7.40. The minimum atomic E-state index is -1.03. The predicted octanol–water partition coefficient (Wildman–Crippen LogP) is -0.512. The lowest BCUT2D eigenvalue weighted by Gasteiger charge is -2.02. The minimum Gasteiger partial charge on any atom is -0.481 e. The van der Waals surface area contributed by atoms with Gasteiger partial charge in [-0.3, -0.25) is 9.59 Å². The monoisotopic (exact) mass is 236 g/mol. The van der Waals surface area contributed by atoms with Gasteiger partial charge in [0.2, 0.25) is 0 Å². The quantitative estimate of drug-likeness (QED) is 0.310. The summed E-state index contributed by atoms with van der Waals surface area (Å²) in [7, 11) is 0. The van der Waals surface area contributed by atoms with E-state index >= 15 is 0 Å². The summed E-state index contributed by atoms with van der Waals surface area (Å²) in [5, 5.41) is 30.2. The van der Waals surface area contributed by atoms with Crippen LogP contribution in [-0.2, 0) is 9.59 Å². The van der Waals surface area contributed by atoms with Crippen molar-refractivity contribution in [1.82, 2.24) is 10.6 Å². The highest BCUT2D eigenvalue weighted by atomic mass is 16.4. The van der Waals surface area contributed by atoms with Crippen LogP contribution >= 0.6 is 0 Å². The summed E-state index contributed by atoms with van der Waals surface area (Å²) in [5.41, 5.74) is -0.159. The van der Waals surface area contributed by atoms with Crippen LogP contribution in [0.5, 0.6) is 0 Å². The van der Waals surface area contributed by atoms with E-state index in [0.29, 0.717) is 6.54 Å². The van der Waals surface area contributed by atoms with E-state index in [9.17, 15) is 9.59 Å². The molecule has 0 bridgehead atoms. The number of carbonyl (C=O) groups excluding carboxylic acids is 1. The van der Waals surface area contributed by atoms with Gasteiger partial charge < -0.3 is 15.7 Å². The van der Waals surface area contributed by atoms with Gasteiger partial charge in [0, 0.05) is 19.3 Å². The summed E-state index contributed by atoms with van der Waals surface area (Å²) in [4.78, 5) is 21.5. The SMILES string of the molecule is N#CCCN/C=C(/C#N)C(=O)NCCC(=O)O. The second-order valence-electron chi connectivity index (χ2n) is 2.93. The van der Waals surface area contributed by atoms with Gasteiger partial charge in [-0.25, -0.2) is 0 Å². The molecule has 0 saturated carbocycles. The lowest BCUT2D eigenvalue weighted by atomic mass is 10.3. The molecule has 0 aliphatic rings. The molecule has 0 aromatic heterocycles. The van der Waals surface area contributed by atoms with Crippen LogP contribution < -0.4 is 10.6 Å². The number of amides is 1. The fraction of sp³-hybridized carbons (Fsp3) is 0.400. The van der Waals surface area contributed by atoms with Crippen molar-refractivity contribution in [3.63, 3.8) is 0 Å². The molecule has 3 N–H and O–H groups in total. The van der Waals surface area contributed by atoms with Crippen molar-refractivity contribution in [2.24, 2.45) is 0 Å². The average molecular weight is 236 g/mol. The molecular formula is C10H12N4O3. The predicted molar refractivity (Wildman–Crippen MR) is 57.2 cm³/mol. The molecule has 0 fully saturated rings. The van der Waals surface area contributed by atoms with Crippen LogP contribution in [0.25, 0.3) is 0 Å². The van der Waals surface area contributed by atoms with Crippen molar-refractivity contribution in [3.8, 4) is 12.1 Å². The van der Waals surface area contributed by atoms with Crippen LogP contribution in [0.15, 0.2) is 11.8 Å². The molecule has 90 valence electrons. The molecule has 7 nitrogen and oxygen atoms in total. The van der Waals surface area contributed by atoms with E-state index in [1.165, 1.54) is 6.20 Å². The van der Waals surface area contributed by atoms with Gasteiger partial charge in [0.15, 0.2) is 0 Å². The highest BCUT2D eigenvalue weighted by Crippen LogP contribution is 1.90. The first kappa shape index (κ1) is 14.5. The molecule has 0 atom stereocenters. The number of carbonyl (C=O) groups is 2. The van der Waals surface area contributed by atoms with Gasteiger partial charge in [-0.2, -0.15) is 10.5 Å². The normalized spacial score (nSPS) is 9.88. The number of aliphatic carboxylic acids is 1. The third-order valence-corrected chi connectivity index (χ3v) is 1.62. The third-order valence-electron chi connectivity index (χ3n) is 1.62. The van der Waals surface area contributed by atoms with Crippen molar-refractivity contribution in [2.45, 2.75) is 12.8 Å². The van der Waals surface area contributed by atoms with Crippen molar-refractivity contribution >= 4 is 11.9 Å². The Bertz CT molecular complexity index is 389. The molecule has 0 radical (unpaired) electrons. The smallest absolute Gasteiger partial charge is 0.305 e. The molecule has 0 spiro atoms. The number of nitriles is 2. The minimum absolute atomic E-state index is 0.0363. The highest BCUT2D eigenvalue weighted by Gasteiger charge is 2.08. The van der Waals surface area contributed by atoms with E-state index in [0.717, 1.165) is 0 Å². The molecule has 0 heterocycles. The molecular weight excluding hydrogens is 224 g/mol. The second kappa shape index (κ2) is 8.74. The van der Waals surface area contributed by atoms with Crippen LogP contribution in [-0.4, -0.2) is 30.1 Å². The van der Waals surface area contributed by atoms with Gasteiger partial charge in [-0.15, -0.1) is 0 Å². The number of nitrogens with zero attached hydrogens (tertiary/aromatic N) is 2. The van der Waals surface area contributed by atoms with Crippen molar-refractivity contribution in [2.75, 3.05) is 13.1 Å². The number of nitrogens with one attached hydrogen (secondary N) is 2. The van der Waals surface area contributed by atoms with E-state index < -0.39 is 11.9 Å². The summed E-state index contributed by atoms with van der Waals surface area (Å²) in [6.45, 7) is 0.301. The molecule has 0 rings (SSSR count). The highest BCUT2D eigenvalue weighted by molar-refractivity contribution is 5.97. The van der Waals surface area contributed by atoms with Gasteiger partial charge in [-0.1, -0.05) is 0 Å². The zero-order valence-corrected chi connectivity index (χ0v) is 9.06. The van der Waals surface area contributed by atoms with Gasteiger partial charge in [0.05, 0.1) is 18.9 Å². The van der Waals surface area contributed by atoms with E-state index in [4.69, 9.17) is 15.6 Å². The Morgan fingerprint density at radius 2 is 2.00 bits per heavy atom. The maximum absolute atomic E-state index is 11.3. The van der Waals surface area contributed by atoms with Crippen molar-refractivity contribution < 1.29 is 14.7 Å². The van der Waals surface area contributed by atoms with Crippen LogP contribution in [0.1, 0.15) is 12.8 Å². The van der Waals surface area contributed by atoms with Gasteiger partial charge in [0.25, 0.3) is 5.91 Å². The number of carboxylic acids is 1. The molecule has 0 saturated heterocycles. The first-order valence-corrected chi connectivity index (χ1v) is 4.82. The lowest BCUT2D eigenvalue weighted by molar-refractivity contribution is -0.136. The first-order valence-electron chi connectivity index (χ1n) is 4.82. The Kier molecular flexibility index (Phi) is 7.44. The average Bonchev–Trinajstić information content (AvgIpc) is 2.28. The Hall–Kier alpha value is -2.54. The maximum Gasteiger partial charge on any atom is 0.305 e. The number of carboxylic acid groups (broad SMARTS) is 1. The number of hydrogen-bond acceptors (Lipinski definition) is 5.